The summed E-state index contributed by atoms with van der Waals surface area (Å²) in [6.07, 6.45) is 5.05. The first-order valence-electron chi connectivity index (χ1n) is 8.94. The Morgan fingerprint density at radius 3 is 2.96 bits per heavy atom. The molecule has 2 aliphatic heterocycles. The first kappa shape index (κ1) is 18.7. The van der Waals surface area contributed by atoms with Gasteiger partial charge >= 0.3 is 6.03 Å². The van der Waals surface area contributed by atoms with Crippen LogP contribution in [0.2, 0.25) is 0 Å². The summed E-state index contributed by atoms with van der Waals surface area (Å²) >= 11 is 5.42. The van der Waals surface area contributed by atoms with E-state index in [-0.39, 0.29) is 16.9 Å². The fourth-order valence-corrected chi connectivity index (χ4v) is 3.89. The number of carbonyl (C=O) groups excluding carboxylic acids is 1. The van der Waals surface area contributed by atoms with Crippen LogP contribution in [-0.4, -0.2) is 50.5 Å². The number of nitrogens with zero attached hydrogens (tertiary/aromatic N) is 4. The molecule has 1 unspecified atom stereocenters. The van der Waals surface area contributed by atoms with Crippen LogP contribution in [0.3, 0.4) is 0 Å². The van der Waals surface area contributed by atoms with Crippen LogP contribution in [0.1, 0.15) is 39.3 Å². The van der Waals surface area contributed by atoms with Gasteiger partial charge in [-0.3, -0.25) is 15.4 Å². The van der Waals surface area contributed by atoms with E-state index in [2.05, 4.69) is 39.3 Å². The maximum atomic E-state index is 12.4. The number of anilines is 1. The predicted molar refractivity (Wildman–Crippen MR) is 103 cm³/mol. The zero-order valence-corrected chi connectivity index (χ0v) is 16.2. The van der Waals surface area contributed by atoms with Gasteiger partial charge in [-0.2, -0.15) is 5.10 Å². The molecule has 0 spiro atoms. The number of aliphatic imine (C=N–C) groups is 1. The second-order valence-corrected chi connectivity index (χ2v) is 7.89. The number of aromatic nitrogens is 2. The molecule has 0 aromatic carbocycles. The maximum Gasteiger partial charge on any atom is 0.322 e. The number of likely N-dealkylation sites (tertiary alicyclic amines) is 1. The van der Waals surface area contributed by atoms with Crippen molar-refractivity contribution in [3.63, 3.8) is 0 Å². The lowest BCUT2D eigenvalue weighted by atomic mass is 9.86. The van der Waals surface area contributed by atoms with Crippen LogP contribution in [0.5, 0.6) is 0 Å². The SMILES string of the molecule is CC(=NC(=N)Cl)NC(=O)N1CCC(C(C)(C)Nc2cnn3c2CCC3)C1. The molecule has 0 aliphatic carbocycles. The Bertz CT molecular complexity index is 739. The standard InChI is InChI=1S/C17H26ClN7O/c1-11(21-15(18)19)22-16(26)24-8-6-12(10-24)17(2,3)23-13-9-20-25-7-4-5-14(13)25/h9,12,23H,4-8,10H2,1-3H3,(H2,19,21,22,26). The highest BCUT2D eigenvalue weighted by atomic mass is 35.5. The molecule has 1 aromatic rings. The number of amides is 2. The summed E-state index contributed by atoms with van der Waals surface area (Å²) < 4.78 is 2.07. The molecule has 1 aromatic heterocycles. The van der Waals surface area contributed by atoms with Crippen molar-refractivity contribution in [1.82, 2.24) is 20.0 Å². The zero-order valence-electron chi connectivity index (χ0n) is 15.5. The molecule has 1 fully saturated rings. The smallest absolute Gasteiger partial charge is 0.322 e. The second-order valence-electron chi connectivity index (χ2n) is 7.53. The van der Waals surface area contributed by atoms with Gasteiger partial charge in [-0.1, -0.05) is 0 Å². The van der Waals surface area contributed by atoms with Crippen molar-refractivity contribution in [2.45, 2.75) is 52.1 Å². The second kappa shape index (κ2) is 7.26. The fourth-order valence-electron chi connectivity index (χ4n) is 3.76. The van der Waals surface area contributed by atoms with Gasteiger partial charge in [-0.25, -0.2) is 9.79 Å². The lowest BCUT2D eigenvalue weighted by molar-refractivity contribution is 0.210. The first-order chi connectivity index (χ1) is 12.3. The average Bonchev–Trinajstić information content (AvgIpc) is 3.23. The lowest BCUT2D eigenvalue weighted by Crippen LogP contribution is -2.44. The van der Waals surface area contributed by atoms with Crippen molar-refractivity contribution in [3.05, 3.63) is 11.9 Å². The quantitative estimate of drug-likeness (QED) is 0.427. The van der Waals surface area contributed by atoms with Crippen molar-refractivity contribution in [2.24, 2.45) is 10.9 Å². The zero-order chi connectivity index (χ0) is 18.9. The number of hydrogen-bond acceptors (Lipinski definition) is 4. The van der Waals surface area contributed by atoms with Gasteiger partial charge in [-0.15, -0.1) is 0 Å². The average molecular weight is 380 g/mol. The molecule has 142 valence electrons. The Morgan fingerprint density at radius 1 is 1.46 bits per heavy atom. The van der Waals surface area contributed by atoms with E-state index in [1.54, 1.807) is 11.8 Å². The Kier molecular flexibility index (Phi) is 5.22. The molecule has 3 heterocycles. The van der Waals surface area contributed by atoms with Crippen molar-refractivity contribution in [2.75, 3.05) is 18.4 Å². The van der Waals surface area contributed by atoms with E-state index in [4.69, 9.17) is 17.0 Å². The summed E-state index contributed by atoms with van der Waals surface area (Å²) in [6, 6.07) is -0.200. The molecule has 3 rings (SSSR count). The Labute approximate surface area is 158 Å². The van der Waals surface area contributed by atoms with Crippen molar-refractivity contribution in [1.29, 1.82) is 5.41 Å². The minimum atomic E-state index is -0.346. The number of rotatable bonds is 3. The molecular weight excluding hydrogens is 354 g/mol. The summed E-state index contributed by atoms with van der Waals surface area (Å²) in [6.45, 7) is 8.34. The molecule has 26 heavy (non-hydrogen) atoms. The van der Waals surface area contributed by atoms with E-state index in [1.807, 2.05) is 6.20 Å². The number of amidine groups is 2. The van der Waals surface area contributed by atoms with E-state index in [0.717, 1.165) is 31.5 Å². The number of carbonyl (C=O) groups is 1. The van der Waals surface area contributed by atoms with E-state index in [0.29, 0.717) is 24.8 Å². The summed E-state index contributed by atoms with van der Waals surface area (Å²) in [7, 11) is 0. The Balaban J connectivity index is 1.60. The van der Waals surface area contributed by atoms with E-state index in [1.165, 1.54) is 5.69 Å². The number of hydrogen-bond donors (Lipinski definition) is 3. The van der Waals surface area contributed by atoms with Gasteiger partial charge in [0.25, 0.3) is 0 Å². The monoisotopic (exact) mass is 379 g/mol. The maximum absolute atomic E-state index is 12.4. The van der Waals surface area contributed by atoms with Crippen LogP contribution in [-0.2, 0) is 13.0 Å². The first-order valence-corrected chi connectivity index (χ1v) is 9.32. The molecule has 8 nitrogen and oxygen atoms in total. The summed E-state index contributed by atoms with van der Waals surface area (Å²) in [5, 5.41) is 17.6. The van der Waals surface area contributed by atoms with Crippen LogP contribution in [0.15, 0.2) is 11.2 Å². The molecule has 0 radical (unpaired) electrons. The molecule has 1 saturated heterocycles. The van der Waals surface area contributed by atoms with Gasteiger partial charge < -0.3 is 10.2 Å². The van der Waals surface area contributed by atoms with Gasteiger partial charge in [0, 0.05) is 31.1 Å². The van der Waals surface area contributed by atoms with Crippen LogP contribution in [0, 0.1) is 11.3 Å². The Hall–Kier alpha value is -2.09. The molecule has 9 heteroatoms. The molecule has 2 aliphatic rings. The van der Waals surface area contributed by atoms with Crippen molar-refractivity contribution >= 4 is 34.4 Å². The molecule has 3 N–H and O–H groups in total. The number of fused-ring (bicyclic) bond motifs is 1. The number of nitrogens with one attached hydrogen (secondary N) is 3. The summed E-state index contributed by atoms with van der Waals surface area (Å²) in [5.41, 5.74) is 2.24. The predicted octanol–water partition coefficient (Wildman–Crippen LogP) is 2.64. The number of halogens is 1. The molecule has 0 bridgehead atoms. The largest absolute Gasteiger partial charge is 0.377 e. The summed E-state index contributed by atoms with van der Waals surface area (Å²) in [4.78, 5) is 17.9. The van der Waals surface area contributed by atoms with Crippen molar-refractivity contribution < 1.29 is 4.79 Å². The highest BCUT2D eigenvalue weighted by Crippen LogP contribution is 2.33. The van der Waals surface area contributed by atoms with Gasteiger partial charge in [-0.05, 0) is 51.6 Å². The third-order valence-corrected chi connectivity index (χ3v) is 5.32. The van der Waals surface area contributed by atoms with E-state index < -0.39 is 0 Å². The lowest BCUT2D eigenvalue weighted by Gasteiger charge is -2.33. The van der Waals surface area contributed by atoms with Crippen molar-refractivity contribution in [3.8, 4) is 0 Å². The number of urea groups is 1. The van der Waals surface area contributed by atoms with Crippen LogP contribution in [0.25, 0.3) is 0 Å². The number of aryl methyl sites for hydroxylation is 1. The highest BCUT2D eigenvalue weighted by Gasteiger charge is 2.37. The molecular formula is C17H26ClN7O. The van der Waals surface area contributed by atoms with Crippen LogP contribution >= 0.6 is 11.6 Å². The Morgan fingerprint density at radius 2 is 2.23 bits per heavy atom. The summed E-state index contributed by atoms with van der Waals surface area (Å²) in [5.74, 6) is 0.653. The normalized spacial score (nSPS) is 20.2. The minimum Gasteiger partial charge on any atom is -0.377 e. The van der Waals surface area contributed by atoms with Gasteiger partial charge in [0.1, 0.15) is 5.84 Å². The fraction of sp³-hybridized carbons (Fsp3) is 0.647. The third kappa shape index (κ3) is 4.00. The van der Waals surface area contributed by atoms with Gasteiger partial charge in [0.05, 0.1) is 17.6 Å². The van der Waals surface area contributed by atoms with Crippen LogP contribution < -0.4 is 10.6 Å². The highest BCUT2D eigenvalue weighted by molar-refractivity contribution is 6.64. The van der Waals surface area contributed by atoms with Gasteiger partial charge in [0.2, 0.25) is 5.29 Å². The molecule has 1 atom stereocenters. The topological polar surface area (TPSA) is 98.4 Å². The minimum absolute atomic E-state index is 0.149. The van der Waals surface area contributed by atoms with E-state index in [9.17, 15) is 4.79 Å². The third-order valence-electron chi connectivity index (χ3n) is 5.24. The van der Waals surface area contributed by atoms with Crippen LogP contribution in [0.4, 0.5) is 10.5 Å². The molecule has 0 saturated carbocycles. The molecule has 2 amide bonds. The van der Waals surface area contributed by atoms with E-state index >= 15 is 0 Å². The van der Waals surface area contributed by atoms with Gasteiger partial charge in [0.15, 0.2) is 0 Å².